The molecule has 2 aromatic rings. The smallest absolute Gasteiger partial charge is 0.195 e. The Morgan fingerprint density at radius 1 is 1.14 bits per heavy atom. The van der Waals surface area contributed by atoms with Gasteiger partial charge in [-0.2, -0.15) is 0 Å². The first-order valence-electron chi connectivity index (χ1n) is 6.55. The van der Waals surface area contributed by atoms with Crippen LogP contribution in [0.1, 0.15) is 15.9 Å². The Morgan fingerprint density at radius 2 is 1.86 bits per heavy atom. The van der Waals surface area contributed by atoms with Crippen LogP contribution < -0.4 is 4.74 Å². The van der Waals surface area contributed by atoms with Crippen LogP contribution >= 0.6 is 31.9 Å². The highest BCUT2D eigenvalue weighted by atomic mass is 79.9. The molecule has 0 N–H and O–H groups in total. The molecule has 0 aliphatic carbocycles. The van der Waals surface area contributed by atoms with E-state index in [4.69, 9.17) is 4.74 Å². The second-order valence-electron chi connectivity index (χ2n) is 4.41. The van der Waals surface area contributed by atoms with E-state index in [0.29, 0.717) is 17.9 Å². The summed E-state index contributed by atoms with van der Waals surface area (Å²) in [5.74, 6) is -0.547. The molecule has 114 valence electrons. The van der Waals surface area contributed by atoms with Gasteiger partial charge in [0, 0.05) is 21.4 Å². The van der Waals surface area contributed by atoms with Crippen LogP contribution in [-0.2, 0) is 0 Å². The SMILES string of the molecule is O=C(c1ccc(Br)cc1)c1ccc(OC/C=C/CBr)cc1F. The van der Waals surface area contributed by atoms with Crippen molar-refractivity contribution in [3.63, 3.8) is 0 Å². The number of allylic oxidation sites excluding steroid dienone is 1. The van der Waals surface area contributed by atoms with Crippen molar-refractivity contribution in [1.82, 2.24) is 0 Å². The Labute approximate surface area is 145 Å². The van der Waals surface area contributed by atoms with E-state index in [1.54, 1.807) is 30.3 Å². The molecule has 0 aliphatic heterocycles. The number of ketones is 1. The highest BCUT2D eigenvalue weighted by molar-refractivity contribution is 9.10. The zero-order chi connectivity index (χ0) is 15.9. The van der Waals surface area contributed by atoms with Gasteiger partial charge in [-0.1, -0.05) is 44.0 Å². The first kappa shape index (κ1) is 16.9. The van der Waals surface area contributed by atoms with Crippen molar-refractivity contribution >= 4 is 37.6 Å². The first-order valence-corrected chi connectivity index (χ1v) is 8.47. The Balaban J connectivity index is 2.13. The van der Waals surface area contributed by atoms with E-state index in [2.05, 4.69) is 31.9 Å². The van der Waals surface area contributed by atoms with Gasteiger partial charge in [0.1, 0.15) is 18.2 Å². The van der Waals surface area contributed by atoms with Crippen molar-refractivity contribution in [2.45, 2.75) is 0 Å². The zero-order valence-corrected chi connectivity index (χ0v) is 14.7. The topological polar surface area (TPSA) is 26.3 Å². The third-order valence-corrected chi connectivity index (χ3v) is 3.80. The van der Waals surface area contributed by atoms with Gasteiger partial charge in [0.05, 0.1) is 5.56 Å². The van der Waals surface area contributed by atoms with Gasteiger partial charge in [0.25, 0.3) is 0 Å². The highest BCUT2D eigenvalue weighted by Crippen LogP contribution is 2.20. The lowest BCUT2D eigenvalue weighted by Gasteiger charge is -2.07. The van der Waals surface area contributed by atoms with Gasteiger partial charge in [-0.25, -0.2) is 4.39 Å². The molecule has 0 atom stereocenters. The summed E-state index contributed by atoms with van der Waals surface area (Å²) in [7, 11) is 0. The van der Waals surface area contributed by atoms with E-state index in [9.17, 15) is 9.18 Å². The molecule has 0 saturated heterocycles. The van der Waals surface area contributed by atoms with E-state index < -0.39 is 5.82 Å². The second-order valence-corrected chi connectivity index (χ2v) is 5.98. The molecule has 0 bridgehead atoms. The lowest BCUT2D eigenvalue weighted by atomic mass is 10.0. The van der Waals surface area contributed by atoms with Crippen LogP contribution in [0.15, 0.2) is 59.1 Å². The second kappa shape index (κ2) is 8.25. The Bertz CT molecular complexity index is 682. The average molecular weight is 428 g/mol. The zero-order valence-electron chi connectivity index (χ0n) is 11.6. The van der Waals surface area contributed by atoms with E-state index in [1.165, 1.54) is 12.1 Å². The molecule has 2 rings (SSSR count). The Morgan fingerprint density at radius 3 is 2.50 bits per heavy atom. The molecule has 0 heterocycles. The van der Waals surface area contributed by atoms with Crippen LogP contribution in [0.25, 0.3) is 0 Å². The number of hydrogen-bond donors (Lipinski definition) is 0. The fourth-order valence-corrected chi connectivity index (χ4v) is 2.33. The van der Waals surface area contributed by atoms with Crippen molar-refractivity contribution in [1.29, 1.82) is 0 Å². The normalized spacial score (nSPS) is 10.9. The number of rotatable bonds is 6. The maximum atomic E-state index is 14.1. The molecule has 0 amide bonds. The van der Waals surface area contributed by atoms with Crippen LogP contribution in [0.4, 0.5) is 4.39 Å². The predicted molar refractivity (Wildman–Crippen MR) is 92.4 cm³/mol. The minimum absolute atomic E-state index is 0.0330. The van der Waals surface area contributed by atoms with Crippen LogP contribution in [0.5, 0.6) is 5.75 Å². The van der Waals surface area contributed by atoms with Crippen molar-refractivity contribution in [3.05, 3.63) is 76.0 Å². The number of alkyl halides is 1. The molecule has 0 saturated carbocycles. The third-order valence-electron chi connectivity index (χ3n) is 2.89. The molecular formula is C17H13Br2FO2. The van der Waals surface area contributed by atoms with Gasteiger partial charge in [-0.3, -0.25) is 4.79 Å². The Hall–Kier alpha value is -1.46. The predicted octanol–water partition coefficient (Wildman–Crippen LogP) is 5.15. The number of ether oxygens (including phenoxy) is 1. The van der Waals surface area contributed by atoms with E-state index in [-0.39, 0.29) is 11.3 Å². The lowest BCUT2D eigenvalue weighted by Crippen LogP contribution is -2.05. The molecule has 2 aromatic carbocycles. The first-order chi connectivity index (χ1) is 10.6. The van der Waals surface area contributed by atoms with E-state index in [1.807, 2.05) is 12.2 Å². The standard InChI is InChI=1S/C17H13Br2FO2/c18-9-1-2-10-22-14-7-8-15(16(20)11-14)17(21)12-3-5-13(19)6-4-12/h1-8,11H,9-10H2/b2-1+. The monoisotopic (exact) mass is 426 g/mol. The number of carbonyl (C=O) groups is 1. The minimum atomic E-state index is -0.588. The molecule has 22 heavy (non-hydrogen) atoms. The van der Waals surface area contributed by atoms with E-state index >= 15 is 0 Å². The summed E-state index contributed by atoms with van der Waals surface area (Å²) in [6.45, 7) is 0.352. The summed E-state index contributed by atoms with van der Waals surface area (Å²) in [6.07, 6.45) is 3.72. The number of carbonyl (C=O) groups excluding carboxylic acids is 1. The lowest BCUT2D eigenvalue weighted by molar-refractivity contribution is 0.103. The summed E-state index contributed by atoms with van der Waals surface area (Å²) in [5, 5.41) is 0.741. The van der Waals surface area contributed by atoms with Crippen LogP contribution in [0.3, 0.4) is 0 Å². The number of hydrogen-bond acceptors (Lipinski definition) is 2. The highest BCUT2D eigenvalue weighted by Gasteiger charge is 2.14. The molecule has 0 fully saturated rings. The summed E-state index contributed by atoms with van der Waals surface area (Å²) in [6, 6.07) is 11.1. The van der Waals surface area contributed by atoms with Crippen LogP contribution in [-0.4, -0.2) is 17.7 Å². The average Bonchev–Trinajstić information content (AvgIpc) is 2.52. The van der Waals surface area contributed by atoms with Gasteiger partial charge in [-0.05, 0) is 36.4 Å². The molecule has 2 nitrogen and oxygen atoms in total. The summed E-state index contributed by atoms with van der Waals surface area (Å²) in [5.41, 5.74) is 0.474. The van der Waals surface area contributed by atoms with Crippen molar-refractivity contribution < 1.29 is 13.9 Å². The molecule has 0 aliphatic rings. The van der Waals surface area contributed by atoms with Gasteiger partial charge in [-0.15, -0.1) is 0 Å². The van der Waals surface area contributed by atoms with Gasteiger partial charge >= 0.3 is 0 Å². The molecule has 0 aromatic heterocycles. The van der Waals surface area contributed by atoms with Crippen molar-refractivity contribution in [3.8, 4) is 5.75 Å². The maximum absolute atomic E-state index is 14.1. The van der Waals surface area contributed by atoms with Gasteiger partial charge in [0.2, 0.25) is 0 Å². The fourth-order valence-electron chi connectivity index (χ4n) is 1.80. The quantitative estimate of drug-likeness (QED) is 0.362. The number of benzene rings is 2. The summed E-state index contributed by atoms with van der Waals surface area (Å²) >= 11 is 6.56. The third kappa shape index (κ3) is 4.52. The number of halogens is 3. The maximum Gasteiger partial charge on any atom is 0.195 e. The minimum Gasteiger partial charge on any atom is -0.489 e. The van der Waals surface area contributed by atoms with Crippen molar-refractivity contribution in [2.75, 3.05) is 11.9 Å². The van der Waals surface area contributed by atoms with Gasteiger partial charge in [0.15, 0.2) is 5.78 Å². The molecule has 0 radical (unpaired) electrons. The molecular weight excluding hydrogens is 415 g/mol. The van der Waals surface area contributed by atoms with Crippen LogP contribution in [0.2, 0.25) is 0 Å². The summed E-state index contributed by atoms with van der Waals surface area (Å²) < 4.78 is 20.4. The van der Waals surface area contributed by atoms with Crippen molar-refractivity contribution in [2.24, 2.45) is 0 Å². The fraction of sp³-hybridized carbons (Fsp3) is 0.118. The van der Waals surface area contributed by atoms with Crippen LogP contribution in [0, 0.1) is 5.82 Å². The summed E-state index contributed by atoms with van der Waals surface area (Å²) in [4.78, 5) is 12.3. The molecule has 0 unspecified atom stereocenters. The van der Waals surface area contributed by atoms with Gasteiger partial charge < -0.3 is 4.74 Å². The van der Waals surface area contributed by atoms with E-state index in [0.717, 1.165) is 9.80 Å². The Kier molecular flexibility index (Phi) is 6.34. The largest absolute Gasteiger partial charge is 0.489 e. The molecule has 5 heteroatoms. The molecule has 0 spiro atoms.